The van der Waals surface area contributed by atoms with Crippen LogP contribution in [-0.2, 0) is 13.0 Å². The van der Waals surface area contributed by atoms with Crippen LogP contribution in [0, 0.1) is 11.3 Å². The zero-order valence-electron chi connectivity index (χ0n) is 13.1. The lowest BCUT2D eigenvalue weighted by molar-refractivity contribution is -0.0891. The van der Waals surface area contributed by atoms with Crippen molar-refractivity contribution in [3.63, 3.8) is 0 Å². The summed E-state index contributed by atoms with van der Waals surface area (Å²) >= 11 is 12.2. The zero-order valence-corrected chi connectivity index (χ0v) is 14.6. The molecule has 23 heavy (non-hydrogen) atoms. The molecule has 1 heterocycles. The van der Waals surface area contributed by atoms with Crippen LogP contribution in [0.15, 0.2) is 36.9 Å². The van der Waals surface area contributed by atoms with E-state index in [1.54, 1.807) is 11.0 Å². The van der Waals surface area contributed by atoms with Crippen LogP contribution >= 0.6 is 23.2 Å². The highest BCUT2D eigenvalue weighted by atomic mass is 35.5. The van der Waals surface area contributed by atoms with Crippen LogP contribution in [0.5, 0.6) is 0 Å². The van der Waals surface area contributed by atoms with Gasteiger partial charge < -0.3 is 5.11 Å². The van der Waals surface area contributed by atoms with Gasteiger partial charge in [0.05, 0.1) is 12.1 Å². The Bertz CT molecular complexity index is 646. The van der Waals surface area contributed by atoms with Crippen molar-refractivity contribution in [2.75, 3.05) is 5.88 Å². The van der Waals surface area contributed by atoms with E-state index in [9.17, 15) is 5.11 Å². The van der Waals surface area contributed by atoms with Crippen molar-refractivity contribution in [2.24, 2.45) is 11.3 Å². The number of aromatic nitrogens is 3. The Morgan fingerprint density at radius 2 is 2.09 bits per heavy atom. The summed E-state index contributed by atoms with van der Waals surface area (Å²) in [6, 6.07) is 7.83. The van der Waals surface area contributed by atoms with Crippen molar-refractivity contribution in [1.29, 1.82) is 0 Å². The van der Waals surface area contributed by atoms with Gasteiger partial charge in [-0.25, -0.2) is 4.98 Å². The topological polar surface area (TPSA) is 50.9 Å². The SMILES string of the molecule is C[C@@]1(CCl)CC[C@H](Cc2ccc(Cl)cc2)[C@]1(O)Cn1cncn1. The molecule has 1 aromatic heterocycles. The number of rotatable bonds is 5. The van der Waals surface area contributed by atoms with Gasteiger partial charge in [0, 0.05) is 16.3 Å². The van der Waals surface area contributed by atoms with E-state index in [1.165, 1.54) is 11.9 Å². The van der Waals surface area contributed by atoms with Gasteiger partial charge in [-0.3, -0.25) is 4.68 Å². The quantitative estimate of drug-likeness (QED) is 0.836. The van der Waals surface area contributed by atoms with Crippen LogP contribution in [0.25, 0.3) is 0 Å². The fourth-order valence-corrected chi connectivity index (χ4v) is 4.17. The lowest BCUT2D eigenvalue weighted by atomic mass is 9.72. The highest BCUT2D eigenvalue weighted by molar-refractivity contribution is 6.30. The molecule has 0 radical (unpaired) electrons. The Morgan fingerprint density at radius 1 is 1.35 bits per heavy atom. The Balaban J connectivity index is 1.87. The van der Waals surface area contributed by atoms with E-state index < -0.39 is 5.60 Å². The maximum Gasteiger partial charge on any atom is 0.137 e. The number of alkyl halides is 1. The van der Waals surface area contributed by atoms with Crippen LogP contribution in [0.1, 0.15) is 25.3 Å². The second kappa shape index (κ2) is 6.42. The summed E-state index contributed by atoms with van der Waals surface area (Å²) in [5.74, 6) is 0.548. The minimum atomic E-state index is -0.915. The normalized spacial score (nSPS) is 30.7. The second-order valence-corrected chi connectivity index (χ2v) is 7.48. The minimum absolute atomic E-state index is 0.122. The van der Waals surface area contributed by atoms with Gasteiger partial charge in [0.1, 0.15) is 12.7 Å². The van der Waals surface area contributed by atoms with Crippen LogP contribution in [-0.4, -0.2) is 31.4 Å². The van der Waals surface area contributed by atoms with E-state index in [0.29, 0.717) is 12.4 Å². The first-order chi connectivity index (χ1) is 11.0. The van der Waals surface area contributed by atoms with E-state index in [4.69, 9.17) is 23.2 Å². The first-order valence-electron chi connectivity index (χ1n) is 7.82. The van der Waals surface area contributed by atoms with Crippen molar-refractivity contribution in [1.82, 2.24) is 14.8 Å². The van der Waals surface area contributed by atoms with Gasteiger partial charge >= 0.3 is 0 Å². The highest BCUT2D eigenvalue weighted by Gasteiger charge is 2.56. The molecule has 1 aliphatic rings. The summed E-state index contributed by atoms with van der Waals surface area (Å²) < 4.78 is 1.70. The third kappa shape index (κ3) is 3.12. The molecule has 1 aromatic carbocycles. The van der Waals surface area contributed by atoms with Gasteiger partial charge in [-0.1, -0.05) is 30.7 Å². The molecular formula is C17H21Cl2N3O. The molecule has 0 bridgehead atoms. The number of nitrogens with zero attached hydrogens (tertiary/aromatic N) is 3. The molecule has 0 spiro atoms. The summed E-state index contributed by atoms with van der Waals surface area (Å²) in [6.07, 6.45) is 5.78. The molecule has 1 N–H and O–H groups in total. The van der Waals surface area contributed by atoms with Gasteiger partial charge in [-0.15, -0.1) is 11.6 Å². The van der Waals surface area contributed by atoms with E-state index in [-0.39, 0.29) is 11.3 Å². The lowest BCUT2D eigenvalue weighted by Crippen LogP contribution is -2.51. The average Bonchev–Trinajstić information content (AvgIpc) is 3.12. The number of benzene rings is 1. The zero-order chi connectivity index (χ0) is 16.5. The highest BCUT2D eigenvalue weighted by Crippen LogP contribution is 2.52. The third-order valence-corrected chi connectivity index (χ3v) is 6.17. The fraction of sp³-hybridized carbons (Fsp3) is 0.529. The summed E-state index contributed by atoms with van der Waals surface area (Å²) in [7, 11) is 0. The molecule has 2 aromatic rings. The monoisotopic (exact) mass is 353 g/mol. The number of hydrogen-bond donors (Lipinski definition) is 1. The second-order valence-electron chi connectivity index (χ2n) is 6.78. The number of aliphatic hydroxyl groups is 1. The smallest absolute Gasteiger partial charge is 0.137 e. The molecule has 6 heteroatoms. The molecule has 0 saturated heterocycles. The van der Waals surface area contributed by atoms with E-state index in [2.05, 4.69) is 17.0 Å². The molecule has 4 nitrogen and oxygen atoms in total. The van der Waals surface area contributed by atoms with Gasteiger partial charge in [-0.2, -0.15) is 5.10 Å². The average molecular weight is 354 g/mol. The third-order valence-electron chi connectivity index (χ3n) is 5.33. The molecule has 1 fully saturated rings. The molecule has 1 saturated carbocycles. The number of halogens is 2. The summed E-state index contributed by atoms with van der Waals surface area (Å²) in [6.45, 7) is 2.48. The largest absolute Gasteiger partial charge is 0.387 e. The number of hydrogen-bond acceptors (Lipinski definition) is 3. The van der Waals surface area contributed by atoms with Gasteiger partial charge in [0.15, 0.2) is 0 Å². The first kappa shape index (κ1) is 16.7. The molecule has 124 valence electrons. The molecule has 3 atom stereocenters. The molecule has 0 unspecified atom stereocenters. The first-order valence-corrected chi connectivity index (χ1v) is 8.73. The van der Waals surface area contributed by atoms with E-state index >= 15 is 0 Å². The van der Waals surface area contributed by atoms with E-state index in [1.807, 2.05) is 24.3 Å². The predicted molar refractivity (Wildman–Crippen MR) is 91.7 cm³/mol. The van der Waals surface area contributed by atoms with Crippen molar-refractivity contribution in [3.05, 3.63) is 47.5 Å². The summed E-state index contributed by atoms with van der Waals surface area (Å²) in [4.78, 5) is 3.98. The molecule has 0 aliphatic heterocycles. The minimum Gasteiger partial charge on any atom is -0.387 e. The summed E-state index contributed by atoms with van der Waals surface area (Å²) in [5.41, 5.74) is -0.0742. The van der Waals surface area contributed by atoms with E-state index in [0.717, 1.165) is 24.3 Å². The molecule has 3 rings (SSSR count). The van der Waals surface area contributed by atoms with Crippen LogP contribution < -0.4 is 0 Å². The predicted octanol–water partition coefficient (Wildman–Crippen LogP) is 3.56. The molecule has 1 aliphatic carbocycles. The Hall–Kier alpha value is -1.10. The lowest BCUT2D eigenvalue weighted by Gasteiger charge is -2.42. The van der Waals surface area contributed by atoms with Gasteiger partial charge in [0.25, 0.3) is 0 Å². The van der Waals surface area contributed by atoms with Gasteiger partial charge in [-0.05, 0) is 42.9 Å². The van der Waals surface area contributed by atoms with Crippen molar-refractivity contribution >= 4 is 23.2 Å². The maximum absolute atomic E-state index is 11.6. The Morgan fingerprint density at radius 3 is 2.70 bits per heavy atom. The fourth-order valence-electron chi connectivity index (χ4n) is 3.68. The standard InChI is InChI=1S/C17H21Cl2N3O/c1-16(9-18)7-6-14(8-13-2-4-15(19)5-3-13)17(16,23)10-22-12-20-11-21-22/h2-5,11-12,14,23H,6-10H2,1H3/t14-,16+,17-/m1/s1. The van der Waals surface area contributed by atoms with Crippen molar-refractivity contribution in [3.8, 4) is 0 Å². The van der Waals surface area contributed by atoms with Crippen molar-refractivity contribution < 1.29 is 5.11 Å². The maximum atomic E-state index is 11.6. The molecular weight excluding hydrogens is 333 g/mol. The van der Waals surface area contributed by atoms with Crippen molar-refractivity contribution in [2.45, 2.75) is 38.3 Å². The summed E-state index contributed by atoms with van der Waals surface area (Å²) in [5, 5.41) is 16.4. The van der Waals surface area contributed by atoms with Gasteiger partial charge in [0.2, 0.25) is 0 Å². The Labute approximate surface area is 146 Å². The molecule has 0 amide bonds. The Kier molecular flexibility index (Phi) is 4.68. The van der Waals surface area contributed by atoms with Crippen LogP contribution in [0.2, 0.25) is 5.02 Å². The van der Waals surface area contributed by atoms with Crippen LogP contribution in [0.3, 0.4) is 0 Å². The van der Waals surface area contributed by atoms with Crippen LogP contribution in [0.4, 0.5) is 0 Å².